The Morgan fingerprint density at radius 1 is 0.953 bits per heavy atom. The van der Waals surface area contributed by atoms with Crippen LogP contribution in [0.25, 0.3) is 10.9 Å². The first kappa shape index (κ1) is 32.7. The fourth-order valence-electron chi connectivity index (χ4n) is 4.41. The number of sulfonamides is 1. The van der Waals surface area contributed by atoms with E-state index < -0.39 is 21.5 Å². The summed E-state index contributed by atoms with van der Waals surface area (Å²) in [6, 6.07) is 20.4. The van der Waals surface area contributed by atoms with Crippen molar-refractivity contribution in [3.05, 3.63) is 99.2 Å². The Balaban J connectivity index is 1.36. The number of fused-ring (bicyclic) bond motifs is 1. The van der Waals surface area contributed by atoms with Crippen LogP contribution in [0.5, 0.6) is 5.75 Å². The molecule has 1 aromatic heterocycles. The average Bonchev–Trinajstić information content (AvgIpc) is 2.95. The molecule has 4 aromatic rings. The predicted molar refractivity (Wildman–Crippen MR) is 172 cm³/mol. The number of pyridine rings is 1. The number of amides is 1. The number of benzene rings is 3. The van der Waals surface area contributed by atoms with Crippen LogP contribution in [0, 0.1) is 13.8 Å². The number of carbonyl (C=O) groups is 1. The van der Waals surface area contributed by atoms with Crippen molar-refractivity contribution in [1.82, 2.24) is 20.3 Å². The number of aryl methyl sites for hydroxylation is 2. The van der Waals surface area contributed by atoms with Crippen LogP contribution in [0.3, 0.4) is 0 Å². The van der Waals surface area contributed by atoms with Crippen LogP contribution < -0.4 is 20.1 Å². The van der Waals surface area contributed by atoms with E-state index in [2.05, 4.69) is 44.6 Å². The Labute approximate surface area is 263 Å². The minimum absolute atomic E-state index is 0.0831. The lowest BCUT2D eigenvalue weighted by Gasteiger charge is -2.25. The van der Waals surface area contributed by atoms with Gasteiger partial charge in [-0.15, -0.1) is 0 Å². The zero-order chi connectivity index (χ0) is 31.2. The Kier molecular flexibility index (Phi) is 10.7. The van der Waals surface area contributed by atoms with Gasteiger partial charge in [0.25, 0.3) is 0 Å². The highest BCUT2D eigenvalue weighted by atomic mass is 35.5. The topological polar surface area (TPSA) is 109 Å². The number of nitrogens with zero attached hydrogens (tertiary/aromatic N) is 1. The molecule has 0 aliphatic heterocycles. The number of hydrogen-bond donors (Lipinski definition) is 3. The molecule has 3 N–H and O–H groups in total. The third kappa shape index (κ3) is 8.46. The van der Waals surface area contributed by atoms with Crippen molar-refractivity contribution >= 4 is 50.0 Å². The van der Waals surface area contributed by atoms with Gasteiger partial charge in [0, 0.05) is 34.8 Å². The molecule has 0 bridgehead atoms. The van der Waals surface area contributed by atoms with Gasteiger partial charge >= 0.3 is 0 Å². The molecule has 0 fully saturated rings. The molecular formula is C32H36Cl2N4O4S. The second-order valence-electron chi connectivity index (χ2n) is 10.9. The van der Waals surface area contributed by atoms with E-state index in [1.807, 2.05) is 38.1 Å². The van der Waals surface area contributed by atoms with Crippen LogP contribution in [0.2, 0.25) is 10.0 Å². The van der Waals surface area contributed by atoms with Crippen molar-refractivity contribution in [1.29, 1.82) is 0 Å². The van der Waals surface area contributed by atoms with E-state index in [9.17, 15) is 13.2 Å². The number of rotatable bonds is 13. The summed E-state index contributed by atoms with van der Waals surface area (Å²) in [5.41, 5.74) is 2.76. The first-order valence-corrected chi connectivity index (χ1v) is 16.2. The fraction of sp³-hybridized carbons (Fsp3) is 0.312. The van der Waals surface area contributed by atoms with Crippen molar-refractivity contribution in [3.8, 4) is 5.75 Å². The van der Waals surface area contributed by atoms with Gasteiger partial charge in [0.05, 0.1) is 5.02 Å². The van der Waals surface area contributed by atoms with E-state index in [4.69, 9.17) is 27.9 Å². The van der Waals surface area contributed by atoms with Crippen LogP contribution in [0.4, 0.5) is 0 Å². The molecule has 0 aliphatic rings. The molecule has 0 saturated carbocycles. The summed E-state index contributed by atoms with van der Waals surface area (Å²) in [5, 5.41) is 7.22. The van der Waals surface area contributed by atoms with Gasteiger partial charge in [-0.2, -0.15) is 4.72 Å². The van der Waals surface area contributed by atoms with Gasteiger partial charge in [-0.3, -0.25) is 4.79 Å². The number of hydrogen-bond acceptors (Lipinski definition) is 6. The summed E-state index contributed by atoms with van der Waals surface area (Å²) < 4.78 is 35.3. The lowest BCUT2D eigenvalue weighted by molar-refractivity contribution is -0.125. The molecule has 3 aromatic carbocycles. The number of para-hydroxylation sites is 1. The summed E-state index contributed by atoms with van der Waals surface area (Å²) in [6.45, 7) is 8.65. The monoisotopic (exact) mass is 642 g/mol. The van der Waals surface area contributed by atoms with Crippen molar-refractivity contribution in [2.24, 2.45) is 0 Å². The van der Waals surface area contributed by atoms with Gasteiger partial charge in [0.2, 0.25) is 15.9 Å². The number of nitrogens with one attached hydrogen (secondary N) is 3. The molecule has 228 valence electrons. The molecule has 0 radical (unpaired) electrons. The highest BCUT2D eigenvalue weighted by molar-refractivity contribution is 7.89. The van der Waals surface area contributed by atoms with Crippen LogP contribution in [0.1, 0.15) is 42.7 Å². The van der Waals surface area contributed by atoms with Gasteiger partial charge in [-0.1, -0.05) is 71.2 Å². The lowest BCUT2D eigenvalue weighted by atomic mass is 10.1. The minimum Gasteiger partial charge on any atom is -0.487 e. The predicted octanol–water partition coefficient (Wildman–Crippen LogP) is 6.09. The highest BCUT2D eigenvalue weighted by Crippen LogP contribution is 2.33. The largest absolute Gasteiger partial charge is 0.487 e. The fourth-order valence-corrected chi connectivity index (χ4v) is 6.68. The number of aromatic nitrogens is 1. The lowest BCUT2D eigenvalue weighted by Crippen LogP contribution is -2.54. The summed E-state index contributed by atoms with van der Waals surface area (Å²) in [7, 11) is -4.21. The molecule has 43 heavy (non-hydrogen) atoms. The smallest absolute Gasteiger partial charge is 0.243 e. The van der Waals surface area contributed by atoms with E-state index in [1.165, 1.54) is 37.1 Å². The second kappa shape index (κ2) is 14.1. The van der Waals surface area contributed by atoms with Crippen LogP contribution in [-0.4, -0.2) is 37.9 Å². The second-order valence-corrected chi connectivity index (χ2v) is 13.3. The first-order valence-electron chi connectivity index (χ1n) is 13.9. The molecule has 11 heteroatoms. The standard InChI is InChI=1S/C32H36Cl2N4O4S/c1-21-9-12-23(13-10-21)19-35-17-6-18-36-31(39)32(3,4)38-43(40,41)28-16-15-26(33)25(29(28)34)20-42-27-8-5-7-24-14-11-22(2)37-30(24)27/h5,7-16,35,38H,6,17-20H2,1-4H3,(H,36,39). The highest BCUT2D eigenvalue weighted by Gasteiger charge is 2.34. The van der Waals surface area contributed by atoms with E-state index in [0.717, 1.165) is 17.6 Å². The van der Waals surface area contributed by atoms with E-state index in [1.54, 1.807) is 6.07 Å². The van der Waals surface area contributed by atoms with Crippen molar-refractivity contribution < 1.29 is 17.9 Å². The molecule has 1 heterocycles. The van der Waals surface area contributed by atoms with Gasteiger partial charge in [0.1, 0.15) is 28.3 Å². The molecule has 0 saturated heterocycles. The maximum Gasteiger partial charge on any atom is 0.243 e. The van der Waals surface area contributed by atoms with Gasteiger partial charge in [-0.25, -0.2) is 13.4 Å². The summed E-state index contributed by atoms with van der Waals surface area (Å²) in [4.78, 5) is 17.3. The quantitative estimate of drug-likeness (QED) is 0.152. The number of halogens is 2. The average molecular weight is 644 g/mol. The van der Waals surface area contributed by atoms with Crippen LogP contribution in [-0.2, 0) is 28.0 Å². The molecule has 0 unspecified atom stereocenters. The molecule has 8 nitrogen and oxygen atoms in total. The maximum atomic E-state index is 13.4. The summed E-state index contributed by atoms with van der Waals surface area (Å²) >= 11 is 13.0. The summed E-state index contributed by atoms with van der Waals surface area (Å²) in [5.74, 6) is 0.0601. The SMILES string of the molecule is Cc1ccc(CNCCCNC(=O)C(C)(C)NS(=O)(=O)c2ccc(Cl)c(COc3cccc4ccc(C)nc34)c2Cl)cc1. The zero-order valence-electron chi connectivity index (χ0n) is 24.6. The molecule has 0 atom stereocenters. The van der Waals surface area contributed by atoms with E-state index in [-0.39, 0.29) is 21.5 Å². The number of carbonyl (C=O) groups excluding carboxylic acids is 1. The molecule has 0 spiro atoms. The molecule has 4 rings (SSSR count). The summed E-state index contributed by atoms with van der Waals surface area (Å²) in [6.07, 6.45) is 0.679. The molecule has 1 amide bonds. The molecule has 0 aliphatic carbocycles. The minimum atomic E-state index is -4.21. The maximum absolute atomic E-state index is 13.4. The Bertz CT molecular complexity index is 1710. The van der Waals surface area contributed by atoms with E-state index >= 15 is 0 Å². The Morgan fingerprint density at radius 3 is 2.44 bits per heavy atom. The Hall–Kier alpha value is -3.21. The van der Waals surface area contributed by atoms with Crippen LogP contribution >= 0.6 is 23.2 Å². The van der Waals surface area contributed by atoms with Gasteiger partial charge in [0.15, 0.2) is 0 Å². The van der Waals surface area contributed by atoms with E-state index in [0.29, 0.717) is 36.3 Å². The Morgan fingerprint density at radius 2 is 1.70 bits per heavy atom. The van der Waals surface area contributed by atoms with Crippen LogP contribution in [0.15, 0.2) is 71.6 Å². The third-order valence-corrected chi connectivity index (χ3v) is 9.45. The van der Waals surface area contributed by atoms with Crippen molar-refractivity contribution in [3.63, 3.8) is 0 Å². The van der Waals surface area contributed by atoms with Gasteiger partial charge in [-0.05, 0) is 70.5 Å². The first-order chi connectivity index (χ1) is 20.4. The normalized spacial score (nSPS) is 12.0. The number of ether oxygens (including phenoxy) is 1. The molecular weight excluding hydrogens is 607 g/mol. The zero-order valence-corrected chi connectivity index (χ0v) is 27.0. The third-order valence-electron chi connectivity index (χ3n) is 6.86. The van der Waals surface area contributed by atoms with Gasteiger partial charge < -0.3 is 15.4 Å². The van der Waals surface area contributed by atoms with Crippen molar-refractivity contribution in [2.75, 3.05) is 13.1 Å². The van der Waals surface area contributed by atoms with Crippen molar-refractivity contribution in [2.45, 2.75) is 57.7 Å².